The van der Waals surface area contributed by atoms with Crippen molar-refractivity contribution in [3.05, 3.63) is 39.8 Å². The summed E-state index contributed by atoms with van der Waals surface area (Å²) in [5, 5.41) is 5.89. The average Bonchev–Trinajstić information content (AvgIpc) is 2.67. The van der Waals surface area contributed by atoms with Crippen molar-refractivity contribution in [2.24, 2.45) is 0 Å². The molecule has 0 aromatic heterocycles. The number of amides is 2. The number of rotatable bonds is 2. The van der Waals surface area contributed by atoms with Crippen molar-refractivity contribution in [1.29, 1.82) is 0 Å². The minimum Gasteiger partial charge on any atom is -0.322 e. The summed E-state index contributed by atoms with van der Waals surface area (Å²) in [6, 6.07) is 7.27. The third-order valence-corrected chi connectivity index (χ3v) is 3.46. The Bertz CT molecular complexity index is 485. The fourth-order valence-corrected chi connectivity index (χ4v) is 2.26. The molecule has 1 fully saturated rings. The van der Waals surface area contributed by atoms with Crippen LogP contribution in [0.25, 0.3) is 0 Å². The molecule has 1 aromatic carbocycles. The van der Waals surface area contributed by atoms with Gasteiger partial charge in [-0.2, -0.15) is 0 Å². The van der Waals surface area contributed by atoms with Crippen LogP contribution >= 0.6 is 27.7 Å². The molecule has 0 bridgehead atoms. The van der Waals surface area contributed by atoms with Gasteiger partial charge in [0.25, 0.3) is 5.91 Å². The van der Waals surface area contributed by atoms with Crippen LogP contribution in [0.2, 0.25) is 0 Å². The fraction of sp³-hybridized carbons (Fsp3) is 0.0909. The lowest BCUT2D eigenvalue weighted by atomic mass is 10.3. The highest BCUT2D eigenvalue weighted by Gasteiger charge is 2.15. The van der Waals surface area contributed by atoms with E-state index < -0.39 is 0 Å². The SMILES string of the molecule is O=C(/C=C1\NC(=O)CS1)Nc1ccc(Br)cc1. The Kier molecular flexibility index (Phi) is 3.86. The molecular weight excluding hydrogens is 304 g/mol. The second-order valence-corrected chi connectivity index (χ2v) is 5.27. The Morgan fingerprint density at radius 2 is 2.12 bits per heavy atom. The monoisotopic (exact) mass is 312 g/mol. The van der Waals surface area contributed by atoms with E-state index in [2.05, 4.69) is 26.6 Å². The van der Waals surface area contributed by atoms with E-state index in [1.54, 1.807) is 12.1 Å². The maximum absolute atomic E-state index is 11.6. The number of carbonyl (C=O) groups is 2. The molecule has 0 atom stereocenters. The first-order valence-electron chi connectivity index (χ1n) is 4.84. The summed E-state index contributed by atoms with van der Waals surface area (Å²) >= 11 is 4.64. The summed E-state index contributed by atoms with van der Waals surface area (Å²) < 4.78 is 0.951. The molecule has 1 saturated heterocycles. The Morgan fingerprint density at radius 3 is 2.71 bits per heavy atom. The summed E-state index contributed by atoms with van der Waals surface area (Å²) in [6.07, 6.45) is 1.39. The summed E-state index contributed by atoms with van der Waals surface area (Å²) in [4.78, 5) is 22.5. The van der Waals surface area contributed by atoms with Crippen LogP contribution in [-0.4, -0.2) is 17.6 Å². The lowest BCUT2D eigenvalue weighted by Gasteiger charge is -2.02. The molecule has 0 spiro atoms. The largest absolute Gasteiger partial charge is 0.322 e. The number of hydrogen-bond donors (Lipinski definition) is 2. The normalized spacial score (nSPS) is 17.0. The topological polar surface area (TPSA) is 58.2 Å². The van der Waals surface area contributed by atoms with E-state index in [0.717, 1.165) is 4.47 Å². The second-order valence-electron chi connectivity index (χ2n) is 3.34. The van der Waals surface area contributed by atoms with E-state index in [1.807, 2.05) is 12.1 Å². The third kappa shape index (κ3) is 3.61. The Labute approximate surface area is 111 Å². The van der Waals surface area contributed by atoms with Gasteiger partial charge in [0, 0.05) is 16.2 Å². The zero-order chi connectivity index (χ0) is 12.3. The van der Waals surface area contributed by atoms with Crippen LogP contribution in [0, 0.1) is 0 Å². The quantitative estimate of drug-likeness (QED) is 0.822. The van der Waals surface area contributed by atoms with Crippen molar-refractivity contribution in [2.75, 3.05) is 11.1 Å². The molecule has 88 valence electrons. The number of hydrogen-bond acceptors (Lipinski definition) is 3. The van der Waals surface area contributed by atoms with E-state index in [9.17, 15) is 9.59 Å². The molecule has 0 radical (unpaired) electrons. The van der Waals surface area contributed by atoms with Crippen LogP contribution in [0.3, 0.4) is 0 Å². The molecule has 0 saturated carbocycles. The lowest BCUT2D eigenvalue weighted by molar-refractivity contribution is -0.117. The van der Waals surface area contributed by atoms with E-state index >= 15 is 0 Å². The van der Waals surface area contributed by atoms with Gasteiger partial charge in [-0.15, -0.1) is 0 Å². The molecule has 2 N–H and O–H groups in total. The summed E-state index contributed by atoms with van der Waals surface area (Å²) in [5.41, 5.74) is 0.712. The van der Waals surface area contributed by atoms with Gasteiger partial charge in [-0.3, -0.25) is 9.59 Å². The van der Waals surface area contributed by atoms with Crippen LogP contribution in [-0.2, 0) is 9.59 Å². The van der Waals surface area contributed by atoms with Gasteiger partial charge >= 0.3 is 0 Å². The molecule has 6 heteroatoms. The van der Waals surface area contributed by atoms with Crippen LogP contribution < -0.4 is 10.6 Å². The molecule has 1 aliphatic heterocycles. The van der Waals surface area contributed by atoms with Crippen molar-refractivity contribution in [3.63, 3.8) is 0 Å². The number of halogens is 1. The van der Waals surface area contributed by atoms with Gasteiger partial charge in [-0.1, -0.05) is 27.7 Å². The molecule has 2 rings (SSSR count). The first-order valence-corrected chi connectivity index (χ1v) is 6.62. The van der Waals surface area contributed by atoms with Crippen molar-refractivity contribution < 1.29 is 9.59 Å². The molecule has 17 heavy (non-hydrogen) atoms. The van der Waals surface area contributed by atoms with Crippen LogP contribution in [0.4, 0.5) is 5.69 Å². The van der Waals surface area contributed by atoms with Crippen LogP contribution in [0.1, 0.15) is 0 Å². The predicted octanol–water partition coefficient (Wildman–Crippen LogP) is 2.09. The second kappa shape index (κ2) is 5.37. The summed E-state index contributed by atoms with van der Waals surface area (Å²) in [5.74, 6) is 0.0481. The highest BCUT2D eigenvalue weighted by atomic mass is 79.9. The van der Waals surface area contributed by atoms with E-state index in [-0.39, 0.29) is 11.8 Å². The van der Waals surface area contributed by atoms with E-state index in [4.69, 9.17) is 0 Å². The van der Waals surface area contributed by atoms with Gasteiger partial charge in [0.15, 0.2) is 0 Å². The minimum atomic E-state index is -0.253. The zero-order valence-corrected chi connectivity index (χ0v) is 11.1. The van der Waals surface area contributed by atoms with Crippen molar-refractivity contribution in [1.82, 2.24) is 5.32 Å². The number of benzene rings is 1. The summed E-state index contributed by atoms with van der Waals surface area (Å²) in [7, 11) is 0. The minimum absolute atomic E-state index is 0.0716. The van der Waals surface area contributed by atoms with Gasteiger partial charge < -0.3 is 10.6 Å². The van der Waals surface area contributed by atoms with E-state index in [1.165, 1.54) is 17.8 Å². The highest BCUT2D eigenvalue weighted by Crippen LogP contribution is 2.19. The molecule has 2 amide bonds. The Hall–Kier alpha value is -1.27. The first kappa shape index (κ1) is 12.2. The summed E-state index contributed by atoms with van der Waals surface area (Å²) in [6.45, 7) is 0. The van der Waals surface area contributed by atoms with Crippen LogP contribution in [0.5, 0.6) is 0 Å². The van der Waals surface area contributed by atoms with Crippen molar-refractivity contribution in [3.8, 4) is 0 Å². The maximum Gasteiger partial charge on any atom is 0.250 e. The van der Waals surface area contributed by atoms with Crippen LogP contribution in [0.15, 0.2) is 39.8 Å². The van der Waals surface area contributed by atoms with Crippen molar-refractivity contribution >= 4 is 45.2 Å². The molecule has 1 aliphatic rings. The smallest absolute Gasteiger partial charge is 0.250 e. The molecule has 1 aromatic rings. The number of anilines is 1. The van der Waals surface area contributed by atoms with E-state index in [0.29, 0.717) is 16.5 Å². The molecule has 0 unspecified atom stereocenters. The fourth-order valence-electron chi connectivity index (χ4n) is 1.26. The third-order valence-electron chi connectivity index (χ3n) is 2.00. The standard InChI is InChI=1S/C11H9BrN2O2S/c12-7-1-3-8(4-2-7)13-9(15)5-11-14-10(16)6-17-11/h1-5H,6H2,(H,13,15)(H,14,16)/b11-5+. The first-order chi connectivity index (χ1) is 8.13. The molecule has 0 aliphatic carbocycles. The van der Waals surface area contributed by atoms with Gasteiger partial charge in [-0.05, 0) is 24.3 Å². The van der Waals surface area contributed by atoms with Gasteiger partial charge in [0.1, 0.15) is 0 Å². The highest BCUT2D eigenvalue weighted by molar-refractivity contribution is 9.10. The predicted molar refractivity (Wildman–Crippen MR) is 71.5 cm³/mol. The van der Waals surface area contributed by atoms with Gasteiger partial charge in [-0.25, -0.2) is 0 Å². The molecular formula is C11H9BrN2O2S. The van der Waals surface area contributed by atoms with Gasteiger partial charge in [0.2, 0.25) is 5.91 Å². The Morgan fingerprint density at radius 1 is 1.41 bits per heavy atom. The lowest BCUT2D eigenvalue weighted by Crippen LogP contribution is -2.16. The molecule has 1 heterocycles. The Balaban J connectivity index is 1.98. The maximum atomic E-state index is 11.6. The number of nitrogens with one attached hydrogen (secondary N) is 2. The average molecular weight is 313 g/mol. The zero-order valence-electron chi connectivity index (χ0n) is 8.70. The van der Waals surface area contributed by atoms with Gasteiger partial charge in [0.05, 0.1) is 10.8 Å². The molecule has 4 nitrogen and oxygen atoms in total. The number of thioether (sulfide) groups is 1. The number of carbonyl (C=O) groups excluding carboxylic acids is 2. The van der Waals surface area contributed by atoms with Crippen molar-refractivity contribution in [2.45, 2.75) is 0 Å².